The molecule has 2 saturated heterocycles. The van der Waals surface area contributed by atoms with Gasteiger partial charge in [-0.1, -0.05) is 6.07 Å². The highest BCUT2D eigenvalue weighted by molar-refractivity contribution is 5.85. The second-order valence-corrected chi connectivity index (χ2v) is 6.30. The highest BCUT2D eigenvalue weighted by Crippen LogP contribution is 2.21. The summed E-state index contributed by atoms with van der Waals surface area (Å²) < 4.78 is 13.4. The average molecular weight is 342 g/mol. The van der Waals surface area contributed by atoms with Crippen LogP contribution in [0.15, 0.2) is 24.3 Å². The van der Waals surface area contributed by atoms with Gasteiger partial charge in [-0.15, -0.1) is 12.4 Å². The quantitative estimate of drug-likeness (QED) is 0.887. The Morgan fingerprint density at radius 1 is 1.26 bits per heavy atom. The maximum absolute atomic E-state index is 13.4. The van der Waals surface area contributed by atoms with Crippen LogP contribution in [-0.2, 0) is 4.79 Å². The number of hydrogen-bond donors (Lipinski definition) is 2. The molecule has 1 aromatic carbocycles. The normalized spacial score (nSPS) is 22.3. The van der Waals surface area contributed by atoms with Crippen molar-refractivity contribution in [1.82, 2.24) is 10.6 Å². The molecule has 2 heterocycles. The molecule has 1 unspecified atom stereocenters. The molecule has 1 atom stereocenters. The molecule has 23 heavy (non-hydrogen) atoms. The van der Waals surface area contributed by atoms with Crippen LogP contribution in [-0.4, -0.2) is 38.1 Å². The van der Waals surface area contributed by atoms with E-state index in [-0.39, 0.29) is 36.1 Å². The van der Waals surface area contributed by atoms with Crippen LogP contribution in [0.4, 0.5) is 10.1 Å². The van der Waals surface area contributed by atoms with Crippen molar-refractivity contribution in [3.63, 3.8) is 0 Å². The van der Waals surface area contributed by atoms with Gasteiger partial charge < -0.3 is 15.5 Å². The van der Waals surface area contributed by atoms with Crippen LogP contribution >= 0.6 is 12.4 Å². The maximum Gasteiger partial charge on any atom is 0.223 e. The number of carbonyl (C=O) groups excluding carboxylic acids is 1. The first kappa shape index (κ1) is 18.0. The zero-order valence-electron chi connectivity index (χ0n) is 13.3. The van der Waals surface area contributed by atoms with E-state index in [0.717, 1.165) is 57.5 Å². The zero-order valence-corrected chi connectivity index (χ0v) is 14.1. The summed E-state index contributed by atoms with van der Waals surface area (Å²) in [5, 5.41) is 6.48. The fourth-order valence-corrected chi connectivity index (χ4v) is 3.41. The van der Waals surface area contributed by atoms with Gasteiger partial charge in [0.2, 0.25) is 5.91 Å². The fourth-order valence-electron chi connectivity index (χ4n) is 3.41. The molecule has 128 valence electrons. The number of carbonyl (C=O) groups is 1. The second-order valence-electron chi connectivity index (χ2n) is 6.30. The van der Waals surface area contributed by atoms with Crippen LogP contribution in [0.5, 0.6) is 0 Å². The van der Waals surface area contributed by atoms with Gasteiger partial charge in [0.25, 0.3) is 0 Å². The van der Waals surface area contributed by atoms with Gasteiger partial charge in [0.15, 0.2) is 0 Å². The maximum atomic E-state index is 13.4. The van der Waals surface area contributed by atoms with E-state index in [1.807, 2.05) is 6.07 Å². The lowest BCUT2D eigenvalue weighted by Gasteiger charge is -2.35. The lowest BCUT2D eigenvalue weighted by molar-refractivity contribution is -0.126. The van der Waals surface area contributed by atoms with Crippen molar-refractivity contribution in [2.75, 3.05) is 31.1 Å². The molecule has 0 aliphatic carbocycles. The van der Waals surface area contributed by atoms with Crippen LogP contribution in [0.1, 0.15) is 25.7 Å². The minimum Gasteiger partial charge on any atom is -0.369 e. The summed E-state index contributed by atoms with van der Waals surface area (Å²) in [5.74, 6) is 0.122. The molecule has 3 rings (SSSR count). The van der Waals surface area contributed by atoms with Crippen molar-refractivity contribution in [1.29, 1.82) is 0 Å². The highest BCUT2D eigenvalue weighted by atomic mass is 35.5. The zero-order chi connectivity index (χ0) is 15.4. The first-order valence-electron chi connectivity index (χ1n) is 8.24. The molecule has 0 aromatic heterocycles. The Labute approximate surface area is 143 Å². The first-order chi connectivity index (χ1) is 10.7. The lowest BCUT2D eigenvalue weighted by Crippen LogP contribution is -2.50. The minimum absolute atomic E-state index is 0. The van der Waals surface area contributed by atoms with Crippen molar-refractivity contribution in [3.05, 3.63) is 30.1 Å². The van der Waals surface area contributed by atoms with Crippen molar-refractivity contribution in [2.24, 2.45) is 5.92 Å². The van der Waals surface area contributed by atoms with E-state index < -0.39 is 0 Å². The van der Waals surface area contributed by atoms with Gasteiger partial charge in [-0.2, -0.15) is 0 Å². The number of nitrogens with one attached hydrogen (secondary N) is 2. The van der Waals surface area contributed by atoms with Crippen molar-refractivity contribution in [2.45, 2.75) is 31.7 Å². The number of nitrogens with zero attached hydrogens (tertiary/aromatic N) is 1. The highest BCUT2D eigenvalue weighted by Gasteiger charge is 2.26. The number of piperidine rings is 2. The summed E-state index contributed by atoms with van der Waals surface area (Å²) >= 11 is 0. The lowest BCUT2D eigenvalue weighted by atomic mass is 9.96. The van der Waals surface area contributed by atoms with Gasteiger partial charge in [-0.3, -0.25) is 4.79 Å². The summed E-state index contributed by atoms with van der Waals surface area (Å²) in [6.45, 7) is 3.54. The Balaban J connectivity index is 0.00000192. The third-order valence-electron chi connectivity index (χ3n) is 4.65. The van der Waals surface area contributed by atoms with Crippen LogP contribution in [0.2, 0.25) is 0 Å². The van der Waals surface area contributed by atoms with E-state index in [4.69, 9.17) is 0 Å². The molecule has 2 fully saturated rings. The van der Waals surface area contributed by atoms with Gasteiger partial charge in [0.05, 0.1) is 0 Å². The Hall–Kier alpha value is -1.33. The molecule has 0 saturated carbocycles. The van der Waals surface area contributed by atoms with Crippen LogP contribution in [0.3, 0.4) is 0 Å². The van der Waals surface area contributed by atoms with E-state index >= 15 is 0 Å². The van der Waals surface area contributed by atoms with Crippen molar-refractivity contribution < 1.29 is 9.18 Å². The number of rotatable bonds is 3. The van der Waals surface area contributed by atoms with E-state index in [0.29, 0.717) is 0 Å². The monoisotopic (exact) mass is 341 g/mol. The molecule has 6 heteroatoms. The molecule has 2 aliphatic rings. The molecule has 2 aliphatic heterocycles. The summed E-state index contributed by atoms with van der Waals surface area (Å²) in [5.41, 5.74) is 0.904. The molecule has 2 N–H and O–H groups in total. The molecular weight excluding hydrogens is 317 g/mol. The van der Waals surface area contributed by atoms with E-state index in [2.05, 4.69) is 15.5 Å². The average Bonchev–Trinajstić information content (AvgIpc) is 2.56. The molecule has 4 nitrogen and oxygen atoms in total. The number of hydrogen-bond acceptors (Lipinski definition) is 3. The van der Waals surface area contributed by atoms with Crippen LogP contribution < -0.4 is 15.5 Å². The summed E-state index contributed by atoms with van der Waals surface area (Å²) in [6, 6.07) is 6.86. The Morgan fingerprint density at radius 3 is 2.78 bits per heavy atom. The van der Waals surface area contributed by atoms with Gasteiger partial charge in [0.1, 0.15) is 5.82 Å². The molecule has 0 radical (unpaired) electrons. The predicted octanol–water partition coefficient (Wildman–Crippen LogP) is 2.33. The van der Waals surface area contributed by atoms with Gasteiger partial charge in [0, 0.05) is 30.7 Å². The predicted molar refractivity (Wildman–Crippen MR) is 92.6 cm³/mol. The standard InChI is InChI=1S/C17H24FN3O.ClH/c18-14-3-1-5-16(11-14)21-10-2-4-15(12-21)20-17(22)13-6-8-19-9-7-13;/h1,3,5,11,13,15,19H,2,4,6-10,12H2,(H,20,22);1H. The Bertz CT molecular complexity index is 522. The number of anilines is 1. The fraction of sp³-hybridized carbons (Fsp3) is 0.588. The molecular formula is C17H25ClFN3O. The Morgan fingerprint density at radius 2 is 2.04 bits per heavy atom. The topological polar surface area (TPSA) is 44.4 Å². The van der Waals surface area contributed by atoms with Crippen molar-refractivity contribution >= 4 is 24.0 Å². The second kappa shape index (κ2) is 8.50. The third-order valence-corrected chi connectivity index (χ3v) is 4.65. The van der Waals surface area contributed by atoms with Crippen LogP contribution in [0, 0.1) is 11.7 Å². The molecule has 0 bridgehead atoms. The summed E-state index contributed by atoms with van der Waals surface area (Å²) in [7, 11) is 0. The van der Waals surface area contributed by atoms with Gasteiger partial charge >= 0.3 is 0 Å². The molecule has 1 aromatic rings. The van der Waals surface area contributed by atoms with E-state index in [9.17, 15) is 9.18 Å². The first-order valence-corrected chi connectivity index (χ1v) is 8.24. The molecule has 1 amide bonds. The Kier molecular flexibility index (Phi) is 6.66. The van der Waals surface area contributed by atoms with E-state index in [1.165, 1.54) is 6.07 Å². The number of amides is 1. The third kappa shape index (κ3) is 4.82. The largest absolute Gasteiger partial charge is 0.369 e. The minimum atomic E-state index is -0.210. The van der Waals surface area contributed by atoms with E-state index in [1.54, 1.807) is 12.1 Å². The van der Waals surface area contributed by atoms with Gasteiger partial charge in [-0.05, 0) is 57.0 Å². The SMILES string of the molecule is Cl.O=C(NC1CCCN(c2cccc(F)c2)C1)C1CCNCC1. The van der Waals surface area contributed by atoms with Crippen LogP contribution in [0.25, 0.3) is 0 Å². The van der Waals surface area contributed by atoms with Gasteiger partial charge in [-0.25, -0.2) is 4.39 Å². The number of benzene rings is 1. The smallest absolute Gasteiger partial charge is 0.223 e. The molecule has 0 spiro atoms. The van der Waals surface area contributed by atoms with Crippen molar-refractivity contribution in [3.8, 4) is 0 Å². The summed E-state index contributed by atoms with van der Waals surface area (Å²) in [4.78, 5) is 14.5. The number of halogens is 2. The summed E-state index contributed by atoms with van der Waals surface area (Å²) in [6.07, 6.45) is 3.87.